The highest BCUT2D eigenvalue weighted by Gasteiger charge is 2.12. The fourth-order valence-electron chi connectivity index (χ4n) is 2.71. The van der Waals surface area contributed by atoms with Gasteiger partial charge in [0, 0.05) is 43.4 Å². The summed E-state index contributed by atoms with van der Waals surface area (Å²) >= 11 is 0. The van der Waals surface area contributed by atoms with Crippen LogP contribution in [0.3, 0.4) is 0 Å². The summed E-state index contributed by atoms with van der Waals surface area (Å²) in [5.41, 5.74) is 1.21. The molecule has 0 aromatic carbocycles. The Hall–Kier alpha value is -1.66. The van der Waals surface area contributed by atoms with E-state index in [1.54, 1.807) is 0 Å². The van der Waals surface area contributed by atoms with E-state index in [1.807, 2.05) is 17.0 Å². The van der Waals surface area contributed by atoms with Crippen molar-refractivity contribution in [3.05, 3.63) is 54.6 Å². The van der Waals surface area contributed by atoms with E-state index in [1.165, 1.54) is 24.8 Å². The molecule has 24 heavy (non-hydrogen) atoms. The second-order valence-corrected chi connectivity index (χ2v) is 7.73. The van der Waals surface area contributed by atoms with Crippen LogP contribution in [0, 0.1) is 0 Å². The van der Waals surface area contributed by atoms with Crippen LogP contribution in [0.25, 0.3) is 0 Å². The summed E-state index contributed by atoms with van der Waals surface area (Å²) in [6.45, 7) is 3.85. The summed E-state index contributed by atoms with van der Waals surface area (Å²) in [5.74, 6) is 0.0730. The zero-order chi connectivity index (χ0) is 17.4. The van der Waals surface area contributed by atoms with Crippen LogP contribution < -0.4 is 4.57 Å². The molecule has 6 heteroatoms. The van der Waals surface area contributed by atoms with Gasteiger partial charge in [-0.2, -0.15) is 8.42 Å². The number of rotatable bonds is 9. The van der Waals surface area contributed by atoms with E-state index in [9.17, 15) is 8.42 Å². The number of allylic oxidation sites excluding steroid dienone is 2. The van der Waals surface area contributed by atoms with Crippen molar-refractivity contribution in [1.82, 2.24) is 4.90 Å². The van der Waals surface area contributed by atoms with Gasteiger partial charge in [0.25, 0.3) is 10.1 Å². The van der Waals surface area contributed by atoms with E-state index < -0.39 is 10.1 Å². The van der Waals surface area contributed by atoms with Gasteiger partial charge in [0.15, 0.2) is 12.4 Å². The molecule has 0 aliphatic carbocycles. The fourth-order valence-corrected chi connectivity index (χ4v) is 3.20. The van der Waals surface area contributed by atoms with Gasteiger partial charge in [-0.25, -0.2) is 4.57 Å². The van der Waals surface area contributed by atoms with E-state index in [-0.39, 0.29) is 11.7 Å². The third kappa shape index (κ3) is 6.45. The van der Waals surface area contributed by atoms with Crippen LogP contribution in [0.4, 0.5) is 0 Å². The molecule has 0 saturated heterocycles. The van der Waals surface area contributed by atoms with Crippen molar-refractivity contribution in [2.24, 2.45) is 0 Å². The average Bonchev–Trinajstić information content (AvgIpc) is 2.55. The molecule has 1 aromatic rings. The Morgan fingerprint density at radius 3 is 2.38 bits per heavy atom. The lowest BCUT2D eigenvalue weighted by Gasteiger charge is -2.21. The van der Waals surface area contributed by atoms with Crippen LogP contribution in [0.1, 0.15) is 44.1 Å². The van der Waals surface area contributed by atoms with Gasteiger partial charge in [-0.3, -0.25) is 4.55 Å². The van der Waals surface area contributed by atoms with Gasteiger partial charge in [-0.05, 0) is 12.0 Å². The summed E-state index contributed by atoms with van der Waals surface area (Å²) in [7, 11) is -3.87. The van der Waals surface area contributed by atoms with E-state index in [0.29, 0.717) is 13.0 Å². The standard InChI is InChI=1S/C18H26N2O3S/c1-2-3-4-10-19-12-6-17(7-13-19)18-8-14-20(15-9-18)11-5-16-24(21,22)23/h6-9,12-15,17H,2-5,10-11,16H2,1H3/p+1. The lowest BCUT2D eigenvalue weighted by Crippen LogP contribution is -2.33. The van der Waals surface area contributed by atoms with Crippen molar-refractivity contribution >= 4 is 10.1 Å². The molecule has 0 fully saturated rings. The van der Waals surface area contributed by atoms with Crippen LogP contribution in [0.15, 0.2) is 49.1 Å². The largest absolute Gasteiger partial charge is 0.355 e. The molecule has 132 valence electrons. The molecule has 0 saturated carbocycles. The molecule has 5 nitrogen and oxygen atoms in total. The molecule has 2 rings (SSSR count). The maximum absolute atomic E-state index is 10.7. The first-order valence-electron chi connectivity index (χ1n) is 8.54. The van der Waals surface area contributed by atoms with Gasteiger partial charge < -0.3 is 4.90 Å². The molecule has 2 heterocycles. The minimum atomic E-state index is -3.87. The number of hydrogen-bond donors (Lipinski definition) is 1. The third-order valence-electron chi connectivity index (χ3n) is 4.11. The van der Waals surface area contributed by atoms with Crippen LogP contribution in [0.5, 0.6) is 0 Å². The maximum Gasteiger partial charge on any atom is 0.265 e. The molecule has 1 N–H and O–H groups in total. The Bertz CT molecular complexity index is 652. The van der Waals surface area contributed by atoms with E-state index in [0.717, 1.165) is 6.54 Å². The van der Waals surface area contributed by atoms with Crippen LogP contribution in [0.2, 0.25) is 0 Å². The molecule has 0 bridgehead atoms. The van der Waals surface area contributed by atoms with Crippen molar-refractivity contribution in [3.63, 3.8) is 0 Å². The Balaban J connectivity index is 1.83. The summed E-state index contributed by atoms with van der Waals surface area (Å²) < 4.78 is 32.1. The Morgan fingerprint density at radius 2 is 1.79 bits per heavy atom. The number of nitrogens with zero attached hydrogens (tertiary/aromatic N) is 2. The number of aryl methyl sites for hydroxylation is 1. The first-order chi connectivity index (χ1) is 11.5. The quantitative estimate of drug-likeness (QED) is 0.422. The Labute approximate surface area is 145 Å². The second kappa shape index (κ2) is 8.99. The summed E-state index contributed by atoms with van der Waals surface area (Å²) in [6.07, 6.45) is 16.7. The zero-order valence-electron chi connectivity index (χ0n) is 14.2. The third-order valence-corrected chi connectivity index (χ3v) is 4.91. The first-order valence-corrected chi connectivity index (χ1v) is 10.2. The summed E-state index contributed by atoms with van der Waals surface area (Å²) in [5, 5.41) is 0. The molecule has 1 aromatic heterocycles. The molecule has 0 atom stereocenters. The van der Waals surface area contributed by atoms with E-state index in [2.05, 4.69) is 48.5 Å². The molecule has 0 unspecified atom stereocenters. The van der Waals surface area contributed by atoms with Gasteiger partial charge in [-0.15, -0.1) is 0 Å². The van der Waals surface area contributed by atoms with Gasteiger partial charge in [-0.1, -0.05) is 31.9 Å². The predicted molar refractivity (Wildman–Crippen MR) is 94.9 cm³/mol. The van der Waals surface area contributed by atoms with Gasteiger partial charge in [0.05, 0.1) is 5.75 Å². The number of pyridine rings is 1. The zero-order valence-corrected chi connectivity index (χ0v) is 15.0. The van der Waals surface area contributed by atoms with Crippen molar-refractivity contribution in [3.8, 4) is 0 Å². The Kier molecular flexibility index (Phi) is 6.99. The number of aromatic nitrogens is 1. The molecule has 0 radical (unpaired) electrons. The molecular weight excluding hydrogens is 324 g/mol. The highest BCUT2D eigenvalue weighted by Crippen LogP contribution is 2.22. The lowest BCUT2D eigenvalue weighted by molar-refractivity contribution is -0.696. The van der Waals surface area contributed by atoms with E-state index >= 15 is 0 Å². The van der Waals surface area contributed by atoms with Crippen LogP contribution in [-0.2, 0) is 16.7 Å². The minimum Gasteiger partial charge on any atom is -0.355 e. The minimum absolute atomic E-state index is 0.205. The number of unbranched alkanes of at least 4 members (excludes halogenated alkanes) is 2. The lowest BCUT2D eigenvalue weighted by atomic mass is 9.98. The van der Waals surface area contributed by atoms with Crippen molar-refractivity contribution < 1.29 is 17.5 Å². The predicted octanol–water partition coefficient (Wildman–Crippen LogP) is 2.87. The topological polar surface area (TPSA) is 61.5 Å². The normalized spacial score (nSPS) is 15.2. The van der Waals surface area contributed by atoms with Crippen LogP contribution >= 0.6 is 0 Å². The average molecular weight is 351 g/mol. The Morgan fingerprint density at radius 1 is 1.12 bits per heavy atom. The van der Waals surface area contributed by atoms with Crippen LogP contribution in [-0.4, -0.2) is 30.2 Å². The molecular formula is C18H27N2O3S+. The maximum atomic E-state index is 10.7. The summed E-state index contributed by atoms with van der Waals surface area (Å²) in [4.78, 5) is 2.23. The van der Waals surface area contributed by atoms with Gasteiger partial charge in [0.2, 0.25) is 0 Å². The second-order valence-electron chi connectivity index (χ2n) is 6.16. The van der Waals surface area contributed by atoms with Crippen molar-refractivity contribution in [2.45, 2.75) is 45.1 Å². The SMILES string of the molecule is CCCCCN1C=CC(c2cc[n+](CCCS(=O)(=O)O)cc2)C=C1. The molecule has 1 aliphatic heterocycles. The van der Waals surface area contributed by atoms with Crippen molar-refractivity contribution in [2.75, 3.05) is 12.3 Å². The van der Waals surface area contributed by atoms with Gasteiger partial charge >= 0.3 is 0 Å². The molecule has 1 aliphatic rings. The molecule has 0 spiro atoms. The first kappa shape index (κ1) is 18.7. The van der Waals surface area contributed by atoms with E-state index in [4.69, 9.17) is 4.55 Å². The smallest absolute Gasteiger partial charge is 0.265 e. The fraction of sp³-hybridized carbons (Fsp3) is 0.500. The highest BCUT2D eigenvalue weighted by atomic mass is 32.2. The highest BCUT2D eigenvalue weighted by molar-refractivity contribution is 7.85. The number of hydrogen-bond acceptors (Lipinski definition) is 3. The monoisotopic (exact) mass is 351 g/mol. The van der Waals surface area contributed by atoms with Gasteiger partial charge in [0.1, 0.15) is 6.54 Å². The van der Waals surface area contributed by atoms with Crippen molar-refractivity contribution in [1.29, 1.82) is 0 Å². The molecule has 0 amide bonds. The summed E-state index contributed by atoms with van der Waals surface area (Å²) in [6, 6.07) is 4.11.